The molecule has 0 spiro atoms. The van der Waals surface area contributed by atoms with Gasteiger partial charge in [-0.1, -0.05) is 0 Å². The standard InChI is InChI=1S/C14H14N2O4S/c15-14-16(9-6-21-7-12(9)20-14)13(17)8-1-2-10-11(5-8)19-4-3-18-10/h1-2,5,9,12,15H,3-4,6-7H2/t9-,12+/m1/s1. The van der Waals surface area contributed by atoms with Crippen molar-refractivity contribution in [3.8, 4) is 11.5 Å². The molecular weight excluding hydrogens is 292 g/mol. The second kappa shape index (κ2) is 4.84. The van der Waals surface area contributed by atoms with Crippen LogP contribution >= 0.6 is 11.8 Å². The molecule has 0 unspecified atom stereocenters. The van der Waals surface area contributed by atoms with Crippen molar-refractivity contribution >= 4 is 23.7 Å². The Bertz CT molecular complexity index is 621. The number of fused-ring (bicyclic) bond motifs is 2. The number of nitrogens with one attached hydrogen (secondary N) is 1. The molecule has 1 aromatic carbocycles. The van der Waals surface area contributed by atoms with Gasteiger partial charge in [-0.05, 0) is 18.2 Å². The van der Waals surface area contributed by atoms with Crippen LogP contribution in [0.4, 0.5) is 0 Å². The first-order valence-electron chi connectivity index (χ1n) is 6.80. The van der Waals surface area contributed by atoms with E-state index in [4.69, 9.17) is 19.6 Å². The molecule has 7 heteroatoms. The highest BCUT2D eigenvalue weighted by Gasteiger charge is 2.46. The molecule has 0 radical (unpaired) electrons. The quantitative estimate of drug-likeness (QED) is 0.848. The smallest absolute Gasteiger partial charge is 0.292 e. The second-order valence-corrected chi connectivity index (χ2v) is 6.17. The van der Waals surface area contributed by atoms with Crippen LogP contribution in [-0.2, 0) is 4.74 Å². The Hall–Kier alpha value is -1.89. The molecule has 2 saturated heterocycles. The molecule has 2 fully saturated rings. The third-order valence-electron chi connectivity index (χ3n) is 3.82. The first-order chi connectivity index (χ1) is 10.2. The van der Waals surface area contributed by atoms with Gasteiger partial charge in [-0.3, -0.25) is 15.1 Å². The van der Waals surface area contributed by atoms with E-state index in [0.29, 0.717) is 30.3 Å². The Kier molecular flexibility index (Phi) is 2.95. The molecule has 110 valence electrons. The lowest BCUT2D eigenvalue weighted by Gasteiger charge is -2.22. The summed E-state index contributed by atoms with van der Waals surface area (Å²) in [4.78, 5) is 14.1. The molecule has 21 heavy (non-hydrogen) atoms. The summed E-state index contributed by atoms with van der Waals surface area (Å²) < 4.78 is 16.4. The monoisotopic (exact) mass is 306 g/mol. The van der Waals surface area contributed by atoms with Crippen molar-refractivity contribution in [3.05, 3.63) is 23.8 Å². The van der Waals surface area contributed by atoms with Gasteiger partial charge in [0.1, 0.15) is 19.3 Å². The minimum atomic E-state index is -0.216. The predicted molar refractivity (Wildman–Crippen MR) is 77.3 cm³/mol. The molecule has 1 amide bonds. The average Bonchev–Trinajstić information content (AvgIpc) is 3.06. The zero-order valence-electron chi connectivity index (χ0n) is 11.2. The maximum absolute atomic E-state index is 12.7. The van der Waals surface area contributed by atoms with Gasteiger partial charge in [0, 0.05) is 17.1 Å². The van der Waals surface area contributed by atoms with E-state index in [1.165, 1.54) is 4.90 Å². The van der Waals surface area contributed by atoms with E-state index in [1.807, 2.05) is 0 Å². The van der Waals surface area contributed by atoms with Crippen LogP contribution in [-0.4, -0.2) is 53.7 Å². The van der Waals surface area contributed by atoms with E-state index >= 15 is 0 Å². The largest absolute Gasteiger partial charge is 0.486 e. The summed E-state index contributed by atoms with van der Waals surface area (Å²) in [5.41, 5.74) is 0.491. The zero-order valence-corrected chi connectivity index (χ0v) is 12.0. The summed E-state index contributed by atoms with van der Waals surface area (Å²) in [6.45, 7) is 1.00. The number of carbonyl (C=O) groups excluding carboxylic acids is 1. The summed E-state index contributed by atoms with van der Waals surface area (Å²) in [5.74, 6) is 2.66. The maximum Gasteiger partial charge on any atom is 0.292 e. The van der Waals surface area contributed by atoms with Crippen molar-refractivity contribution in [1.82, 2.24) is 4.90 Å². The van der Waals surface area contributed by atoms with Crippen molar-refractivity contribution in [3.63, 3.8) is 0 Å². The predicted octanol–water partition coefficient (Wildman–Crippen LogP) is 1.35. The topological polar surface area (TPSA) is 71.9 Å². The lowest BCUT2D eigenvalue weighted by molar-refractivity contribution is 0.0822. The zero-order chi connectivity index (χ0) is 14.4. The molecule has 0 bridgehead atoms. The molecular formula is C14H14N2O4S. The third kappa shape index (κ3) is 2.03. The van der Waals surface area contributed by atoms with Crippen LogP contribution in [0.25, 0.3) is 0 Å². The molecule has 1 N–H and O–H groups in total. The summed E-state index contributed by atoms with van der Waals surface area (Å²) in [6, 6.07) is 5.04. The van der Waals surface area contributed by atoms with Crippen LogP contribution in [0.2, 0.25) is 0 Å². The Morgan fingerprint density at radius 3 is 2.90 bits per heavy atom. The number of thioether (sulfide) groups is 1. The number of hydrogen-bond donors (Lipinski definition) is 1. The Labute approximate surface area is 125 Å². The van der Waals surface area contributed by atoms with Gasteiger partial charge in [-0.15, -0.1) is 0 Å². The SMILES string of the molecule is N=C1O[C@H]2CSC[C@H]2N1C(=O)c1ccc2c(c1)OCCO2. The van der Waals surface area contributed by atoms with Crippen molar-refractivity contribution < 1.29 is 19.0 Å². The van der Waals surface area contributed by atoms with Crippen LogP contribution in [0.3, 0.4) is 0 Å². The fourth-order valence-electron chi connectivity index (χ4n) is 2.79. The van der Waals surface area contributed by atoms with E-state index in [0.717, 1.165) is 11.5 Å². The van der Waals surface area contributed by atoms with Crippen LogP contribution in [0.15, 0.2) is 18.2 Å². The lowest BCUT2D eigenvalue weighted by Crippen LogP contribution is -2.41. The van der Waals surface area contributed by atoms with E-state index in [2.05, 4.69) is 0 Å². The summed E-state index contributed by atoms with van der Waals surface area (Å²) in [5, 5.41) is 7.89. The third-order valence-corrected chi connectivity index (χ3v) is 4.96. The van der Waals surface area contributed by atoms with E-state index in [9.17, 15) is 4.79 Å². The highest BCUT2D eigenvalue weighted by molar-refractivity contribution is 7.99. The number of benzene rings is 1. The average molecular weight is 306 g/mol. The van der Waals surface area contributed by atoms with Gasteiger partial charge in [-0.25, -0.2) is 0 Å². The first kappa shape index (κ1) is 12.8. The molecule has 6 nitrogen and oxygen atoms in total. The first-order valence-corrected chi connectivity index (χ1v) is 7.95. The fraction of sp³-hybridized carbons (Fsp3) is 0.429. The van der Waals surface area contributed by atoms with Gasteiger partial charge in [0.2, 0.25) is 0 Å². The van der Waals surface area contributed by atoms with Gasteiger partial charge in [-0.2, -0.15) is 11.8 Å². The fourth-order valence-corrected chi connectivity index (χ4v) is 4.05. The molecule has 1 aromatic rings. The van der Waals surface area contributed by atoms with Gasteiger partial charge in [0.15, 0.2) is 11.5 Å². The van der Waals surface area contributed by atoms with Crippen LogP contribution in [0.1, 0.15) is 10.4 Å². The minimum Gasteiger partial charge on any atom is -0.486 e. The normalized spacial score (nSPS) is 26.5. The van der Waals surface area contributed by atoms with E-state index in [1.54, 1.807) is 30.0 Å². The highest BCUT2D eigenvalue weighted by Crippen LogP contribution is 2.35. The van der Waals surface area contributed by atoms with Crippen molar-refractivity contribution in [2.24, 2.45) is 0 Å². The van der Waals surface area contributed by atoms with Gasteiger partial charge < -0.3 is 14.2 Å². The highest BCUT2D eigenvalue weighted by atomic mass is 32.2. The van der Waals surface area contributed by atoms with Crippen molar-refractivity contribution in [2.75, 3.05) is 24.7 Å². The minimum absolute atomic E-state index is 0.0387. The lowest BCUT2D eigenvalue weighted by atomic mass is 10.1. The number of ether oxygens (including phenoxy) is 3. The van der Waals surface area contributed by atoms with Crippen molar-refractivity contribution in [1.29, 1.82) is 5.41 Å². The van der Waals surface area contributed by atoms with E-state index < -0.39 is 0 Å². The summed E-state index contributed by atoms with van der Waals surface area (Å²) >= 11 is 1.75. The Morgan fingerprint density at radius 1 is 1.24 bits per heavy atom. The number of amidine groups is 1. The molecule has 4 rings (SSSR count). The molecule has 2 atom stereocenters. The summed E-state index contributed by atoms with van der Waals surface area (Å²) in [7, 11) is 0. The van der Waals surface area contributed by atoms with Gasteiger partial charge >= 0.3 is 0 Å². The van der Waals surface area contributed by atoms with Crippen molar-refractivity contribution in [2.45, 2.75) is 12.1 Å². The second-order valence-electron chi connectivity index (χ2n) is 5.10. The van der Waals surface area contributed by atoms with Gasteiger partial charge in [0.25, 0.3) is 11.9 Å². The number of hydrogen-bond acceptors (Lipinski definition) is 6. The molecule has 3 aliphatic rings. The van der Waals surface area contributed by atoms with Gasteiger partial charge in [0.05, 0.1) is 6.04 Å². The molecule has 0 aromatic heterocycles. The molecule has 0 aliphatic carbocycles. The molecule has 3 aliphatic heterocycles. The number of nitrogens with zero attached hydrogens (tertiary/aromatic N) is 1. The number of rotatable bonds is 1. The Morgan fingerprint density at radius 2 is 2.05 bits per heavy atom. The Balaban J connectivity index is 1.64. The number of amides is 1. The van der Waals surface area contributed by atoms with Crippen LogP contribution in [0, 0.1) is 5.41 Å². The van der Waals surface area contributed by atoms with E-state index in [-0.39, 0.29) is 24.1 Å². The number of carbonyl (C=O) groups is 1. The maximum atomic E-state index is 12.7. The molecule has 0 saturated carbocycles. The summed E-state index contributed by atoms with van der Waals surface area (Å²) in [6.07, 6.45) is -0.0522. The molecule has 3 heterocycles. The van der Waals surface area contributed by atoms with Crippen LogP contribution in [0.5, 0.6) is 11.5 Å². The van der Waals surface area contributed by atoms with Crippen LogP contribution < -0.4 is 9.47 Å².